The average molecular weight is 278 g/mol. The molecule has 0 amide bonds. The highest BCUT2D eigenvalue weighted by molar-refractivity contribution is 9.10. The van der Waals surface area contributed by atoms with Gasteiger partial charge in [0.15, 0.2) is 0 Å². The van der Waals surface area contributed by atoms with E-state index in [-0.39, 0.29) is 5.82 Å². The molecule has 3 nitrogen and oxygen atoms in total. The summed E-state index contributed by atoms with van der Waals surface area (Å²) in [5.74, 6) is 0.534. The lowest BCUT2D eigenvalue weighted by molar-refractivity contribution is 0.380. The van der Waals surface area contributed by atoms with Crippen LogP contribution >= 0.6 is 15.9 Å². The van der Waals surface area contributed by atoms with Crippen molar-refractivity contribution in [1.29, 1.82) is 0 Å². The van der Waals surface area contributed by atoms with E-state index in [0.717, 1.165) is 0 Å². The summed E-state index contributed by atoms with van der Waals surface area (Å²) in [5.41, 5.74) is 0.479. The van der Waals surface area contributed by atoms with Crippen LogP contribution < -0.4 is 14.8 Å². The summed E-state index contributed by atoms with van der Waals surface area (Å²) in [5, 5.41) is 2.88. The largest absolute Gasteiger partial charge is 0.496 e. The Kier molecular flexibility index (Phi) is 4.35. The number of halogens is 2. The second-order valence-electron chi connectivity index (χ2n) is 2.92. The van der Waals surface area contributed by atoms with Crippen molar-refractivity contribution < 1.29 is 13.9 Å². The van der Waals surface area contributed by atoms with Crippen molar-refractivity contribution in [1.82, 2.24) is 5.32 Å². The molecule has 0 bridgehead atoms. The van der Waals surface area contributed by atoms with Crippen LogP contribution in [-0.2, 0) is 6.54 Å². The van der Waals surface area contributed by atoms with Gasteiger partial charge in [-0.3, -0.25) is 0 Å². The van der Waals surface area contributed by atoms with Gasteiger partial charge in [-0.25, -0.2) is 4.39 Å². The van der Waals surface area contributed by atoms with Gasteiger partial charge in [0.1, 0.15) is 17.3 Å². The molecule has 0 radical (unpaired) electrons. The summed E-state index contributed by atoms with van der Waals surface area (Å²) in [6.45, 7) is 0.400. The summed E-state index contributed by atoms with van der Waals surface area (Å²) in [6.07, 6.45) is 0. The maximum Gasteiger partial charge on any atom is 0.149 e. The van der Waals surface area contributed by atoms with Gasteiger partial charge in [0.2, 0.25) is 0 Å². The highest BCUT2D eigenvalue weighted by atomic mass is 79.9. The topological polar surface area (TPSA) is 30.5 Å². The third-order valence-electron chi connectivity index (χ3n) is 2.03. The van der Waals surface area contributed by atoms with Crippen LogP contribution in [0.1, 0.15) is 5.56 Å². The first-order chi connectivity index (χ1) is 7.15. The van der Waals surface area contributed by atoms with Crippen LogP contribution in [0.25, 0.3) is 0 Å². The molecular formula is C10H13BrFNO2. The van der Waals surface area contributed by atoms with Gasteiger partial charge in [0.05, 0.1) is 18.7 Å². The Morgan fingerprint density at radius 1 is 1.33 bits per heavy atom. The Hall–Kier alpha value is -0.810. The number of methoxy groups -OCH3 is 2. The van der Waals surface area contributed by atoms with Crippen molar-refractivity contribution in [3.05, 3.63) is 21.9 Å². The van der Waals surface area contributed by atoms with E-state index in [1.807, 2.05) is 0 Å². The molecule has 0 aliphatic carbocycles. The van der Waals surface area contributed by atoms with Crippen LogP contribution in [0, 0.1) is 5.82 Å². The van der Waals surface area contributed by atoms with E-state index in [9.17, 15) is 4.39 Å². The molecule has 0 saturated carbocycles. The van der Waals surface area contributed by atoms with Gasteiger partial charge >= 0.3 is 0 Å². The number of rotatable bonds is 4. The average Bonchev–Trinajstić information content (AvgIpc) is 2.25. The second-order valence-corrected chi connectivity index (χ2v) is 3.71. The maximum absolute atomic E-state index is 13.8. The third kappa shape index (κ3) is 2.41. The molecule has 0 saturated heterocycles. The highest BCUT2D eigenvalue weighted by Crippen LogP contribution is 2.36. The van der Waals surface area contributed by atoms with Crippen LogP contribution in [0.2, 0.25) is 0 Å². The fourth-order valence-corrected chi connectivity index (χ4v) is 1.81. The van der Waals surface area contributed by atoms with Gasteiger partial charge in [0.25, 0.3) is 0 Å². The molecular weight excluding hydrogens is 265 g/mol. The van der Waals surface area contributed by atoms with Crippen LogP contribution in [-0.4, -0.2) is 21.3 Å². The smallest absolute Gasteiger partial charge is 0.149 e. The van der Waals surface area contributed by atoms with Crippen molar-refractivity contribution in [3.8, 4) is 11.5 Å². The van der Waals surface area contributed by atoms with Crippen LogP contribution in [0.4, 0.5) is 4.39 Å². The number of nitrogens with one attached hydrogen (secondary N) is 1. The predicted octanol–water partition coefficient (Wildman–Crippen LogP) is 2.32. The van der Waals surface area contributed by atoms with Crippen molar-refractivity contribution in [2.24, 2.45) is 0 Å². The van der Waals surface area contributed by atoms with Crippen molar-refractivity contribution in [2.45, 2.75) is 6.54 Å². The van der Waals surface area contributed by atoms with E-state index in [1.54, 1.807) is 13.1 Å². The van der Waals surface area contributed by atoms with Gasteiger partial charge in [-0.1, -0.05) is 0 Å². The summed E-state index contributed by atoms with van der Waals surface area (Å²) >= 11 is 3.14. The van der Waals surface area contributed by atoms with Gasteiger partial charge in [0, 0.05) is 18.2 Å². The molecule has 0 atom stereocenters. The second kappa shape index (κ2) is 5.32. The van der Waals surface area contributed by atoms with E-state index < -0.39 is 0 Å². The normalized spacial score (nSPS) is 10.2. The fourth-order valence-electron chi connectivity index (χ4n) is 1.29. The first-order valence-corrected chi connectivity index (χ1v) is 5.18. The molecule has 0 aliphatic rings. The van der Waals surface area contributed by atoms with Crippen LogP contribution in [0.15, 0.2) is 10.5 Å². The van der Waals surface area contributed by atoms with Crippen molar-refractivity contribution in [2.75, 3.05) is 21.3 Å². The van der Waals surface area contributed by atoms with E-state index in [0.29, 0.717) is 28.1 Å². The summed E-state index contributed by atoms with van der Waals surface area (Å²) in [7, 11) is 4.73. The predicted molar refractivity (Wildman–Crippen MR) is 60.0 cm³/mol. The monoisotopic (exact) mass is 277 g/mol. The Bertz CT molecular complexity index is 358. The lowest BCUT2D eigenvalue weighted by Gasteiger charge is -2.13. The molecule has 1 aromatic carbocycles. The zero-order valence-electron chi connectivity index (χ0n) is 8.86. The van der Waals surface area contributed by atoms with Gasteiger partial charge in [-0.2, -0.15) is 0 Å². The third-order valence-corrected chi connectivity index (χ3v) is 2.77. The molecule has 0 aromatic heterocycles. The summed E-state index contributed by atoms with van der Waals surface area (Å²) in [4.78, 5) is 0. The number of ether oxygens (including phenoxy) is 2. The fraction of sp³-hybridized carbons (Fsp3) is 0.400. The molecule has 15 heavy (non-hydrogen) atoms. The SMILES string of the molecule is CNCc1c(OC)cc(OC)c(Br)c1F. The van der Waals surface area contributed by atoms with Gasteiger partial charge in [-0.05, 0) is 23.0 Å². The lowest BCUT2D eigenvalue weighted by Crippen LogP contribution is -2.09. The molecule has 84 valence electrons. The quantitative estimate of drug-likeness (QED) is 0.916. The van der Waals surface area contributed by atoms with Crippen molar-refractivity contribution in [3.63, 3.8) is 0 Å². The molecule has 1 aromatic rings. The summed E-state index contributed by atoms with van der Waals surface area (Å²) in [6, 6.07) is 1.65. The Morgan fingerprint density at radius 3 is 2.40 bits per heavy atom. The van der Waals surface area contributed by atoms with E-state index in [1.165, 1.54) is 14.2 Å². The lowest BCUT2D eigenvalue weighted by atomic mass is 10.1. The molecule has 0 aliphatic heterocycles. The van der Waals surface area contributed by atoms with Crippen LogP contribution in [0.5, 0.6) is 11.5 Å². The van der Waals surface area contributed by atoms with E-state index in [2.05, 4.69) is 21.2 Å². The minimum absolute atomic E-state index is 0.316. The molecule has 0 spiro atoms. The van der Waals surface area contributed by atoms with Gasteiger partial charge < -0.3 is 14.8 Å². The first-order valence-electron chi connectivity index (χ1n) is 4.39. The zero-order valence-corrected chi connectivity index (χ0v) is 10.4. The first kappa shape index (κ1) is 12.3. The minimum Gasteiger partial charge on any atom is -0.496 e. The molecule has 0 heterocycles. The highest BCUT2D eigenvalue weighted by Gasteiger charge is 2.17. The Morgan fingerprint density at radius 2 is 1.93 bits per heavy atom. The van der Waals surface area contributed by atoms with E-state index >= 15 is 0 Å². The molecule has 5 heteroatoms. The molecule has 1 N–H and O–H groups in total. The minimum atomic E-state index is -0.361. The van der Waals surface area contributed by atoms with Gasteiger partial charge in [-0.15, -0.1) is 0 Å². The maximum atomic E-state index is 13.8. The molecule has 1 rings (SSSR count). The van der Waals surface area contributed by atoms with Crippen molar-refractivity contribution >= 4 is 15.9 Å². The Labute approximate surface area is 96.7 Å². The molecule has 0 fully saturated rings. The number of hydrogen-bond acceptors (Lipinski definition) is 3. The van der Waals surface area contributed by atoms with E-state index in [4.69, 9.17) is 9.47 Å². The molecule has 0 unspecified atom stereocenters. The Balaban J connectivity index is 3.30. The van der Waals surface area contributed by atoms with Crippen LogP contribution in [0.3, 0.4) is 0 Å². The zero-order chi connectivity index (χ0) is 11.4. The summed E-state index contributed by atoms with van der Waals surface area (Å²) < 4.78 is 24.3. The number of benzene rings is 1. The number of hydrogen-bond donors (Lipinski definition) is 1. The standard InChI is InChI=1S/C10H13BrFNO2/c1-13-5-6-7(14-2)4-8(15-3)9(11)10(6)12/h4,13H,5H2,1-3H3.